The Morgan fingerprint density at radius 1 is 1.00 bits per heavy atom. The Balaban J connectivity index is 2.39. The molecule has 0 atom stereocenters. The van der Waals surface area contributed by atoms with Gasteiger partial charge in [-0.25, -0.2) is 4.79 Å². The quantitative estimate of drug-likeness (QED) is 0.753. The van der Waals surface area contributed by atoms with Gasteiger partial charge in [-0.3, -0.25) is 20.2 Å². The Morgan fingerprint density at radius 2 is 1.58 bits per heavy atom. The summed E-state index contributed by atoms with van der Waals surface area (Å²) in [5, 5.41) is 3.65. The number of hydrogen-bond acceptors (Lipinski definition) is 3. The molecule has 0 aromatic heterocycles. The first kappa shape index (κ1) is 13.1. The maximum absolute atomic E-state index is 12.5. The van der Waals surface area contributed by atoms with Crippen LogP contribution in [0, 0.1) is 0 Å². The number of halogens is 3. The van der Waals surface area contributed by atoms with Crippen molar-refractivity contribution in [1.29, 1.82) is 0 Å². The number of hydrogen-bond donors (Lipinski definition) is 2. The first-order valence-corrected chi connectivity index (χ1v) is 5.12. The molecule has 2 N–H and O–H groups in total. The van der Waals surface area contributed by atoms with Crippen molar-refractivity contribution in [3.63, 3.8) is 0 Å². The van der Waals surface area contributed by atoms with Gasteiger partial charge in [-0.1, -0.05) is 18.2 Å². The predicted octanol–water partition coefficient (Wildman–Crippen LogP) is 1.15. The number of amides is 4. The van der Waals surface area contributed by atoms with Crippen LogP contribution < -0.4 is 10.6 Å². The van der Waals surface area contributed by atoms with Gasteiger partial charge >= 0.3 is 12.2 Å². The van der Waals surface area contributed by atoms with E-state index in [1.807, 2.05) is 10.6 Å². The summed E-state index contributed by atoms with van der Waals surface area (Å²) in [6.07, 6.45) is -4.58. The van der Waals surface area contributed by atoms with Crippen molar-refractivity contribution in [2.75, 3.05) is 0 Å². The third-order valence-corrected chi connectivity index (χ3v) is 2.55. The number of carbonyl (C=O) groups excluding carboxylic acids is 3. The standard InChI is InChI=1S/C11H7F3N2O3/c12-11(13,14)6-3-1-2-5(4-6)7-8(17)15-10(19)16-9(7)18/h1-4,7H,(H2,15,16,17,18,19). The van der Waals surface area contributed by atoms with E-state index in [0.29, 0.717) is 6.07 Å². The molecule has 19 heavy (non-hydrogen) atoms. The van der Waals surface area contributed by atoms with Crippen LogP contribution in [0.1, 0.15) is 17.0 Å². The molecule has 8 heteroatoms. The maximum Gasteiger partial charge on any atom is 0.416 e. The van der Waals surface area contributed by atoms with Crippen molar-refractivity contribution in [3.8, 4) is 0 Å². The van der Waals surface area contributed by atoms with E-state index in [1.165, 1.54) is 6.07 Å². The smallest absolute Gasteiger partial charge is 0.277 e. The monoisotopic (exact) mass is 272 g/mol. The number of carbonyl (C=O) groups is 3. The highest BCUT2D eigenvalue weighted by molar-refractivity contribution is 6.19. The van der Waals surface area contributed by atoms with E-state index >= 15 is 0 Å². The van der Waals surface area contributed by atoms with Crippen molar-refractivity contribution in [3.05, 3.63) is 35.4 Å². The average Bonchev–Trinajstić information content (AvgIpc) is 2.26. The predicted molar refractivity (Wildman–Crippen MR) is 55.9 cm³/mol. The molecular weight excluding hydrogens is 265 g/mol. The summed E-state index contributed by atoms with van der Waals surface area (Å²) < 4.78 is 37.6. The van der Waals surface area contributed by atoms with Gasteiger partial charge in [0.25, 0.3) is 0 Å². The van der Waals surface area contributed by atoms with Crippen molar-refractivity contribution >= 4 is 17.8 Å². The maximum atomic E-state index is 12.5. The number of rotatable bonds is 1. The second-order valence-electron chi connectivity index (χ2n) is 3.86. The van der Waals surface area contributed by atoms with Crippen LogP contribution in [0.3, 0.4) is 0 Å². The highest BCUT2D eigenvalue weighted by Crippen LogP contribution is 2.31. The lowest BCUT2D eigenvalue weighted by Gasteiger charge is -2.21. The number of nitrogens with one attached hydrogen (secondary N) is 2. The second-order valence-corrected chi connectivity index (χ2v) is 3.86. The highest BCUT2D eigenvalue weighted by Gasteiger charge is 2.37. The molecule has 1 aromatic rings. The zero-order valence-electron chi connectivity index (χ0n) is 9.25. The van der Waals surface area contributed by atoms with E-state index < -0.39 is 35.5 Å². The van der Waals surface area contributed by atoms with E-state index in [0.717, 1.165) is 12.1 Å². The van der Waals surface area contributed by atoms with Crippen molar-refractivity contribution in [2.24, 2.45) is 0 Å². The summed E-state index contributed by atoms with van der Waals surface area (Å²) in [6.45, 7) is 0. The van der Waals surface area contributed by atoms with Crippen molar-refractivity contribution < 1.29 is 27.6 Å². The Labute approximate surface area is 104 Å². The lowest BCUT2D eigenvalue weighted by atomic mass is 9.94. The molecule has 0 saturated carbocycles. The molecule has 1 fully saturated rings. The number of imide groups is 2. The zero-order chi connectivity index (χ0) is 14.2. The van der Waals surface area contributed by atoms with Gasteiger partial charge < -0.3 is 0 Å². The second kappa shape index (κ2) is 4.38. The van der Waals surface area contributed by atoms with Gasteiger partial charge in [-0.05, 0) is 11.6 Å². The van der Waals surface area contributed by atoms with Gasteiger partial charge in [0.05, 0.1) is 5.56 Å². The summed E-state index contributed by atoms with van der Waals surface area (Å²) in [4.78, 5) is 33.8. The summed E-state index contributed by atoms with van der Waals surface area (Å²) in [5.41, 5.74) is -1.10. The van der Waals surface area contributed by atoms with Crippen LogP contribution in [0.25, 0.3) is 0 Å². The lowest BCUT2D eigenvalue weighted by Crippen LogP contribution is -2.54. The van der Waals surface area contributed by atoms with E-state index in [9.17, 15) is 27.6 Å². The van der Waals surface area contributed by atoms with Gasteiger partial charge in [-0.15, -0.1) is 0 Å². The molecule has 100 valence electrons. The summed E-state index contributed by atoms with van der Waals surface area (Å²) >= 11 is 0. The Morgan fingerprint density at radius 3 is 2.11 bits per heavy atom. The zero-order valence-corrected chi connectivity index (χ0v) is 9.25. The van der Waals surface area contributed by atoms with E-state index in [2.05, 4.69) is 0 Å². The van der Waals surface area contributed by atoms with Crippen LogP contribution in [0.4, 0.5) is 18.0 Å². The fourth-order valence-electron chi connectivity index (χ4n) is 1.72. The Kier molecular flexibility index (Phi) is 3.01. The van der Waals surface area contributed by atoms with E-state index in [1.54, 1.807) is 0 Å². The molecule has 2 rings (SSSR count). The van der Waals surface area contributed by atoms with Crippen LogP contribution in [0.5, 0.6) is 0 Å². The highest BCUT2D eigenvalue weighted by atomic mass is 19.4. The van der Waals surface area contributed by atoms with Crippen LogP contribution in [0.2, 0.25) is 0 Å². The van der Waals surface area contributed by atoms with Crippen LogP contribution in [0.15, 0.2) is 24.3 Å². The number of benzene rings is 1. The first-order valence-electron chi connectivity index (χ1n) is 5.12. The topological polar surface area (TPSA) is 75.3 Å². The van der Waals surface area contributed by atoms with Gasteiger partial charge in [0.1, 0.15) is 5.92 Å². The molecule has 1 aliphatic rings. The Bertz CT molecular complexity index is 549. The SMILES string of the molecule is O=C1NC(=O)C(c2cccc(C(F)(F)F)c2)C(=O)N1. The molecule has 0 bridgehead atoms. The van der Waals surface area contributed by atoms with Gasteiger partial charge in [0.2, 0.25) is 11.8 Å². The molecule has 1 heterocycles. The molecule has 0 radical (unpaired) electrons. The minimum Gasteiger partial charge on any atom is -0.277 e. The molecular formula is C11H7F3N2O3. The molecule has 1 aromatic carbocycles. The number of alkyl halides is 3. The van der Waals surface area contributed by atoms with Crippen LogP contribution in [-0.4, -0.2) is 17.8 Å². The van der Waals surface area contributed by atoms with Crippen LogP contribution >= 0.6 is 0 Å². The largest absolute Gasteiger partial charge is 0.416 e. The number of barbiturate groups is 1. The third kappa shape index (κ3) is 2.56. The van der Waals surface area contributed by atoms with Crippen molar-refractivity contribution in [1.82, 2.24) is 10.6 Å². The molecule has 0 unspecified atom stereocenters. The Hall–Kier alpha value is -2.38. The molecule has 0 aliphatic carbocycles. The molecule has 5 nitrogen and oxygen atoms in total. The minimum atomic E-state index is -4.58. The minimum absolute atomic E-state index is 0.127. The van der Waals surface area contributed by atoms with E-state index in [-0.39, 0.29) is 5.56 Å². The fraction of sp³-hybridized carbons (Fsp3) is 0.182. The summed E-state index contributed by atoms with van der Waals surface area (Å²) in [7, 11) is 0. The van der Waals surface area contributed by atoms with Crippen molar-refractivity contribution in [2.45, 2.75) is 12.1 Å². The normalized spacial score (nSPS) is 17.1. The third-order valence-electron chi connectivity index (χ3n) is 2.55. The molecule has 1 saturated heterocycles. The molecule has 1 aliphatic heterocycles. The summed E-state index contributed by atoms with van der Waals surface area (Å²) in [5.74, 6) is -3.37. The molecule has 4 amide bonds. The average molecular weight is 272 g/mol. The van der Waals surface area contributed by atoms with E-state index in [4.69, 9.17) is 0 Å². The van der Waals surface area contributed by atoms with Crippen LogP contribution in [-0.2, 0) is 15.8 Å². The molecule has 0 spiro atoms. The number of urea groups is 1. The van der Waals surface area contributed by atoms with Gasteiger partial charge in [-0.2, -0.15) is 13.2 Å². The fourth-order valence-corrected chi connectivity index (χ4v) is 1.72. The first-order chi connectivity index (χ1) is 8.79. The lowest BCUT2D eigenvalue weighted by molar-refractivity contribution is -0.138. The van der Waals surface area contributed by atoms with Gasteiger partial charge in [0.15, 0.2) is 0 Å². The summed E-state index contributed by atoms with van der Waals surface area (Å²) in [6, 6.07) is 2.86. The van der Waals surface area contributed by atoms with Gasteiger partial charge in [0, 0.05) is 0 Å².